The van der Waals surface area contributed by atoms with Gasteiger partial charge in [0.2, 0.25) is 0 Å². The second-order valence-corrected chi connectivity index (χ2v) is 22.4. The topological polar surface area (TPSA) is 108 Å². The summed E-state index contributed by atoms with van der Waals surface area (Å²) in [5.74, 6) is -0.824. The summed E-state index contributed by atoms with van der Waals surface area (Å²) in [4.78, 5) is 35.7. The fourth-order valence-corrected chi connectivity index (χ4v) is 8.63. The second kappa shape index (κ2) is 56.1. The van der Waals surface area contributed by atoms with Crippen molar-refractivity contribution in [1.29, 1.82) is 0 Å². The van der Waals surface area contributed by atoms with Crippen molar-refractivity contribution in [2.24, 2.45) is 0 Å². The Hall–Kier alpha value is -3.59. The molecule has 10 heteroatoms. The monoisotopic (exact) mass is 1080 g/mol. The number of hydrogen-bond acceptors (Lipinski definition) is 7. The van der Waals surface area contributed by atoms with Crippen molar-refractivity contribution in [3.05, 3.63) is 122 Å². The fourth-order valence-electron chi connectivity index (χ4n) is 7.89. The molecular weight excluding hydrogens is 966 g/mol. The van der Waals surface area contributed by atoms with Gasteiger partial charge in [0.15, 0.2) is 6.10 Å². The first-order chi connectivity index (χ1) is 37.0. The smallest absolute Gasteiger partial charge is 0.462 e. The molecule has 434 valence electrons. The normalized spacial score (nSPS) is 14.1. The largest absolute Gasteiger partial charge is 0.472 e. The molecule has 0 aromatic carbocycles. The van der Waals surface area contributed by atoms with Crippen LogP contribution in [0.5, 0.6) is 0 Å². The van der Waals surface area contributed by atoms with Crippen LogP contribution in [0.1, 0.15) is 232 Å². The molecule has 0 rings (SSSR count). The molecular formula is C66H113NO8P+. The van der Waals surface area contributed by atoms with Crippen molar-refractivity contribution >= 4 is 19.8 Å². The third-order valence-electron chi connectivity index (χ3n) is 12.5. The Balaban J connectivity index is 4.16. The maximum atomic E-state index is 12.8. The molecule has 0 amide bonds. The van der Waals surface area contributed by atoms with Crippen LogP contribution in [0.15, 0.2) is 122 Å². The zero-order valence-corrected chi connectivity index (χ0v) is 50.1. The summed E-state index contributed by atoms with van der Waals surface area (Å²) in [5, 5.41) is 0. The maximum Gasteiger partial charge on any atom is 0.472 e. The Morgan fingerprint density at radius 3 is 1.05 bits per heavy atom. The highest BCUT2D eigenvalue weighted by Gasteiger charge is 2.27. The minimum absolute atomic E-state index is 0.0226. The van der Waals surface area contributed by atoms with Gasteiger partial charge in [-0.15, -0.1) is 0 Å². The number of esters is 2. The molecule has 0 spiro atoms. The molecule has 9 nitrogen and oxygen atoms in total. The molecule has 0 aliphatic carbocycles. The molecule has 0 saturated heterocycles. The molecule has 0 aromatic rings. The van der Waals surface area contributed by atoms with Crippen LogP contribution in [-0.2, 0) is 32.7 Å². The number of quaternary nitrogens is 1. The second-order valence-electron chi connectivity index (χ2n) is 21.0. The van der Waals surface area contributed by atoms with Gasteiger partial charge >= 0.3 is 19.8 Å². The molecule has 0 aliphatic heterocycles. The molecule has 0 radical (unpaired) electrons. The Kier molecular flexibility index (Phi) is 53.5. The van der Waals surface area contributed by atoms with Gasteiger partial charge in [-0.05, 0) is 103 Å². The minimum Gasteiger partial charge on any atom is -0.462 e. The summed E-state index contributed by atoms with van der Waals surface area (Å²) in [6, 6.07) is 0. The van der Waals surface area contributed by atoms with E-state index in [-0.39, 0.29) is 32.0 Å². The first-order valence-corrected chi connectivity index (χ1v) is 31.8. The fraction of sp³-hybridized carbons (Fsp3) is 0.667. The number of carbonyl (C=O) groups is 2. The van der Waals surface area contributed by atoms with Crippen molar-refractivity contribution < 1.29 is 42.1 Å². The van der Waals surface area contributed by atoms with Gasteiger partial charge in [0.05, 0.1) is 27.7 Å². The lowest BCUT2D eigenvalue weighted by molar-refractivity contribution is -0.870. The first kappa shape index (κ1) is 72.4. The van der Waals surface area contributed by atoms with Crippen molar-refractivity contribution in [1.82, 2.24) is 0 Å². The minimum atomic E-state index is -4.40. The number of phosphoric ester groups is 1. The van der Waals surface area contributed by atoms with Crippen LogP contribution in [0.3, 0.4) is 0 Å². The average Bonchev–Trinajstić information content (AvgIpc) is 3.38. The summed E-state index contributed by atoms with van der Waals surface area (Å²) >= 11 is 0. The van der Waals surface area contributed by atoms with E-state index in [4.69, 9.17) is 18.5 Å². The Morgan fingerprint density at radius 1 is 0.408 bits per heavy atom. The number of allylic oxidation sites excluding steroid dienone is 20. The van der Waals surface area contributed by atoms with Crippen LogP contribution in [0.2, 0.25) is 0 Å². The molecule has 2 atom stereocenters. The van der Waals surface area contributed by atoms with Gasteiger partial charge < -0.3 is 18.9 Å². The molecule has 0 saturated carbocycles. The van der Waals surface area contributed by atoms with Gasteiger partial charge in [0.1, 0.15) is 19.8 Å². The van der Waals surface area contributed by atoms with Gasteiger partial charge in [0, 0.05) is 12.8 Å². The lowest BCUT2D eigenvalue weighted by Gasteiger charge is -2.24. The predicted octanol–water partition coefficient (Wildman–Crippen LogP) is 19.1. The summed E-state index contributed by atoms with van der Waals surface area (Å²) in [6.07, 6.45) is 79.8. The van der Waals surface area contributed by atoms with Gasteiger partial charge in [-0.2, -0.15) is 0 Å². The van der Waals surface area contributed by atoms with Crippen LogP contribution in [0.4, 0.5) is 0 Å². The van der Waals surface area contributed by atoms with Gasteiger partial charge in [-0.25, -0.2) is 4.57 Å². The van der Waals surface area contributed by atoms with Crippen LogP contribution in [-0.4, -0.2) is 74.9 Å². The van der Waals surface area contributed by atoms with Crippen LogP contribution in [0.25, 0.3) is 0 Å². The SMILES string of the molecule is CC/C=C\C/C=C\C/C=C\C/C=C\C/C=C\CCCCCCCCCCCCCCCCCC(=O)OC(COC(=O)CCCCCCC/C=C\C/C=C\C/C=C\C/C=C\C/C=C\CC)COP(=O)(O)OCC[N+](C)(C)C. The molecule has 2 unspecified atom stereocenters. The van der Waals surface area contributed by atoms with Gasteiger partial charge in [-0.3, -0.25) is 18.6 Å². The zero-order valence-electron chi connectivity index (χ0n) is 49.2. The van der Waals surface area contributed by atoms with Crippen molar-refractivity contribution in [3.63, 3.8) is 0 Å². The molecule has 0 heterocycles. The average molecular weight is 1080 g/mol. The Labute approximate surface area is 467 Å². The van der Waals surface area contributed by atoms with Gasteiger partial charge in [-0.1, -0.05) is 238 Å². The first-order valence-electron chi connectivity index (χ1n) is 30.3. The highest BCUT2D eigenvalue weighted by Crippen LogP contribution is 2.43. The van der Waals surface area contributed by atoms with E-state index in [1.165, 1.54) is 77.0 Å². The lowest BCUT2D eigenvalue weighted by atomic mass is 10.0. The Bertz CT molecular complexity index is 1700. The number of unbranched alkanes of at least 4 members (excludes halogenated alkanes) is 20. The number of hydrogen-bond donors (Lipinski definition) is 1. The Morgan fingerprint density at radius 2 is 0.711 bits per heavy atom. The summed E-state index contributed by atoms with van der Waals surface area (Å²) in [6.45, 7) is 4.18. The molecule has 1 N–H and O–H groups in total. The molecule has 0 fully saturated rings. The third-order valence-corrected chi connectivity index (χ3v) is 13.5. The van der Waals surface area contributed by atoms with E-state index in [0.29, 0.717) is 23.9 Å². The van der Waals surface area contributed by atoms with Crippen LogP contribution < -0.4 is 0 Å². The summed E-state index contributed by atoms with van der Waals surface area (Å²) < 4.78 is 34.6. The third kappa shape index (κ3) is 59.7. The summed E-state index contributed by atoms with van der Waals surface area (Å²) in [5.41, 5.74) is 0. The molecule has 76 heavy (non-hydrogen) atoms. The van der Waals surface area contributed by atoms with E-state index in [1.54, 1.807) is 0 Å². The van der Waals surface area contributed by atoms with E-state index < -0.39 is 26.5 Å². The molecule has 0 bridgehead atoms. The van der Waals surface area contributed by atoms with Crippen molar-refractivity contribution in [2.45, 2.75) is 238 Å². The van der Waals surface area contributed by atoms with E-state index in [9.17, 15) is 19.0 Å². The number of likely N-dealkylation sites (N-methyl/N-ethyl adjacent to an activating group) is 1. The standard InChI is InChI=1S/C66H112NO8P/c1-6-8-10-12-14-16-18-20-22-24-26-28-29-30-31-32-33-34-35-36-37-39-41-43-45-47-49-51-53-55-57-59-66(69)75-64(63-74-76(70,71)73-61-60-67(3,4)5)62-72-65(68)58-56-54-52-50-48-46-44-42-40-38-27-25-23-21-19-17-15-13-11-9-7-2/h8-11,14-17,20-23,26-28,30-31,38,42,44,64H,6-7,12-13,18-19,24-25,29,32-37,39-41,43,45-63H2,1-5H3/p+1/b10-8-,11-9-,16-14-,17-15-,22-20-,23-21-,28-26-,31-30-,38-27-,44-42-. The predicted molar refractivity (Wildman–Crippen MR) is 325 cm³/mol. The summed E-state index contributed by atoms with van der Waals surface area (Å²) in [7, 11) is 1.45. The highest BCUT2D eigenvalue weighted by atomic mass is 31.2. The van der Waals surface area contributed by atoms with Crippen molar-refractivity contribution in [2.75, 3.05) is 47.5 Å². The quantitative estimate of drug-likeness (QED) is 0.0211. The van der Waals surface area contributed by atoms with Crippen molar-refractivity contribution in [3.8, 4) is 0 Å². The number of carbonyl (C=O) groups excluding carboxylic acids is 2. The maximum absolute atomic E-state index is 12.8. The van der Waals surface area contributed by atoms with Crippen LogP contribution >= 0.6 is 7.82 Å². The number of phosphoric acid groups is 1. The number of rotatable bonds is 54. The number of nitrogens with zero attached hydrogens (tertiary/aromatic N) is 1. The van der Waals surface area contributed by atoms with E-state index >= 15 is 0 Å². The number of ether oxygens (including phenoxy) is 2. The van der Waals surface area contributed by atoms with Gasteiger partial charge in [0.25, 0.3) is 0 Å². The van der Waals surface area contributed by atoms with E-state index in [0.717, 1.165) is 116 Å². The van der Waals surface area contributed by atoms with Crippen LogP contribution in [0, 0.1) is 0 Å². The molecule has 0 aromatic heterocycles. The van der Waals surface area contributed by atoms with E-state index in [1.807, 2.05) is 21.1 Å². The highest BCUT2D eigenvalue weighted by molar-refractivity contribution is 7.47. The zero-order chi connectivity index (χ0) is 55.6. The molecule has 0 aliphatic rings. The lowest BCUT2D eigenvalue weighted by Crippen LogP contribution is -2.37. The van der Waals surface area contributed by atoms with E-state index in [2.05, 4.69) is 135 Å².